The molecule has 1 aliphatic rings. The fraction of sp³-hybridized carbons (Fsp3) is 0.214. The van der Waals surface area contributed by atoms with E-state index in [0.29, 0.717) is 12.2 Å². The quantitative estimate of drug-likeness (QED) is 0.704. The Balaban J connectivity index is 2.08. The topological polar surface area (TPSA) is 106 Å². The molecule has 1 amide bonds. The molecule has 0 fully saturated rings. The maximum Gasteiger partial charge on any atom is 0.325 e. The molecule has 1 aromatic carbocycles. The SMILES string of the molecule is O=C(c1c[nH]c(=O)[nH]c1=O)N1CCCc2cccc(O)c21. The number of amides is 1. The van der Waals surface area contributed by atoms with Gasteiger partial charge in [-0.3, -0.25) is 14.6 Å². The minimum absolute atomic E-state index is 0.00130. The number of rotatable bonds is 1. The number of nitrogens with zero attached hydrogens (tertiary/aromatic N) is 1. The molecule has 0 aliphatic carbocycles. The van der Waals surface area contributed by atoms with Crippen molar-refractivity contribution in [2.24, 2.45) is 0 Å². The summed E-state index contributed by atoms with van der Waals surface area (Å²) >= 11 is 0. The van der Waals surface area contributed by atoms with Gasteiger partial charge in [-0.1, -0.05) is 12.1 Å². The largest absolute Gasteiger partial charge is 0.506 e. The molecule has 0 atom stereocenters. The molecule has 2 heterocycles. The van der Waals surface area contributed by atoms with E-state index in [0.717, 1.165) is 24.6 Å². The second kappa shape index (κ2) is 4.93. The summed E-state index contributed by atoms with van der Waals surface area (Å²) in [6, 6.07) is 5.06. The number of fused-ring (bicyclic) bond motifs is 1. The highest BCUT2D eigenvalue weighted by atomic mass is 16.3. The van der Waals surface area contributed by atoms with Crippen molar-refractivity contribution in [2.75, 3.05) is 11.4 Å². The summed E-state index contributed by atoms with van der Waals surface area (Å²) in [6.45, 7) is 0.405. The molecule has 0 spiro atoms. The van der Waals surface area contributed by atoms with Crippen LogP contribution in [-0.4, -0.2) is 27.5 Å². The van der Waals surface area contributed by atoms with E-state index in [4.69, 9.17) is 0 Å². The zero-order valence-corrected chi connectivity index (χ0v) is 11.0. The number of benzene rings is 1. The Labute approximate surface area is 118 Å². The third-order valence-electron chi connectivity index (χ3n) is 3.49. The number of hydrogen-bond donors (Lipinski definition) is 3. The number of aromatic nitrogens is 2. The number of hydrogen-bond acceptors (Lipinski definition) is 4. The van der Waals surface area contributed by atoms with Gasteiger partial charge in [0.1, 0.15) is 11.3 Å². The predicted octanol–water partition coefficient (Wildman–Crippen LogP) is 0.362. The van der Waals surface area contributed by atoms with Crippen molar-refractivity contribution >= 4 is 11.6 Å². The molecule has 0 radical (unpaired) electrons. The van der Waals surface area contributed by atoms with Gasteiger partial charge < -0.3 is 15.0 Å². The Kier molecular flexibility index (Phi) is 3.09. The molecule has 108 valence electrons. The maximum absolute atomic E-state index is 12.5. The number of nitrogens with one attached hydrogen (secondary N) is 2. The minimum Gasteiger partial charge on any atom is -0.506 e. The van der Waals surface area contributed by atoms with Crippen molar-refractivity contribution < 1.29 is 9.90 Å². The van der Waals surface area contributed by atoms with Crippen LogP contribution in [-0.2, 0) is 6.42 Å². The molecule has 1 aliphatic heterocycles. The average molecular weight is 287 g/mol. The number of aromatic amines is 2. The van der Waals surface area contributed by atoms with E-state index in [1.807, 2.05) is 11.1 Å². The van der Waals surface area contributed by atoms with Crippen LogP contribution in [0.25, 0.3) is 0 Å². The summed E-state index contributed by atoms with van der Waals surface area (Å²) in [5.41, 5.74) is -0.287. The minimum atomic E-state index is -0.744. The van der Waals surface area contributed by atoms with Crippen LogP contribution < -0.4 is 16.1 Å². The standard InChI is InChI=1S/C14H13N3O4/c18-10-5-1-3-8-4-2-6-17(11(8)10)13(20)9-7-15-14(21)16-12(9)19/h1,3,5,7,18H,2,4,6H2,(H2,15,16,19,21). The molecule has 0 bridgehead atoms. The summed E-state index contributed by atoms with van der Waals surface area (Å²) in [5.74, 6) is -0.545. The van der Waals surface area contributed by atoms with E-state index >= 15 is 0 Å². The zero-order chi connectivity index (χ0) is 15.0. The normalized spacial score (nSPS) is 13.8. The molecular formula is C14H13N3O4. The van der Waals surface area contributed by atoms with Crippen LogP contribution in [0.4, 0.5) is 5.69 Å². The lowest BCUT2D eigenvalue weighted by atomic mass is 10.0. The van der Waals surface area contributed by atoms with Gasteiger partial charge in [-0.15, -0.1) is 0 Å². The van der Waals surface area contributed by atoms with Crippen molar-refractivity contribution in [2.45, 2.75) is 12.8 Å². The molecule has 0 saturated heterocycles. The third kappa shape index (κ3) is 2.22. The van der Waals surface area contributed by atoms with Crippen LogP contribution in [0.1, 0.15) is 22.3 Å². The Morgan fingerprint density at radius 3 is 2.86 bits per heavy atom. The van der Waals surface area contributed by atoms with Gasteiger partial charge in [-0.2, -0.15) is 0 Å². The number of aromatic hydroxyl groups is 1. The van der Waals surface area contributed by atoms with Gasteiger partial charge in [0.2, 0.25) is 0 Å². The van der Waals surface area contributed by atoms with Crippen molar-refractivity contribution in [3.63, 3.8) is 0 Å². The molecule has 1 aromatic heterocycles. The van der Waals surface area contributed by atoms with Crippen molar-refractivity contribution in [1.82, 2.24) is 9.97 Å². The van der Waals surface area contributed by atoms with Crippen molar-refractivity contribution in [3.8, 4) is 5.75 Å². The van der Waals surface area contributed by atoms with Crippen LogP contribution in [0, 0.1) is 0 Å². The number of anilines is 1. The maximum atomic E-state index is 12.5. The van der Waals surface area contributed by atoms with Gasteiger partial charge >= 0.3 is 5.69 Å². The number of phenolic OH excluding ortho intramolecular Hbond substituents is 1. The Morgan fingerprint density at radius 2 is 2.10 bits per heavy atom. The fourth-order valence-electron chi connectivity index (χ4n) is 2.55. The summed E-state index contributed by atoms with van der Waals surface area (Å²) in [5, 5.41) is 10.00. The molecule has 0 unspecified atom stereocenters. The highest BCUT2D eigenvalue weighted by molar-refractivity contribution is 6.07. The highest BCUT2D eigenvalue weighted by Gasteiger charge is 2.27. The average Bonchev–Trinajstić information content (AvgIpc) is 2.46. The summed E-state index contributed by atoms with van der Waals surface area (Å²) in [7, 11) is 0. The lowest BCUT2D eigenvalue weighted by molar-refractivity contribution is 0.0982. The van der Waals surface area contributed by atoms with Gasteiger partial charge in [-0.05, 0) is 24.5 Å². The second-order valence-electron chi connectivity index (χ2n) is 4.83. The third-order valence-corrected chi connectivity index (χ3v) is 3.49. The van der Waals surface area contributed by atoms with Gasteiger partial charge in [0, 0.05) is 12.7 Å². The molecule has 3 rings (SSSR count). The lowest BCUT2D eigenvalue weighted by Crippen LogP contribution is -2.39. The van der Waals surface area contributed by atoms with E-state index in [2.05, 4.69) is 4.98 Å². The monoisotopic (exact) mass is 287 g/mol. The van der Waals surface area contributed by atoms with Crippen LogP contribution in [0.15, 0.2) is 34.0 Å². The fourth-order valence-corrected chi connectivity index (χ4v) is 2.55. The summed E-state index contributed by atoms with van der Waals surface area (Å²) < 4.78 is 0. The van der Waals surface area contributed by atoms with Crippen LogP contribution >= 0.6 is 0 Å². The summed E-state index contributed by atoms with van der Waals surface area (Å²) in [4.78, 5) is 40.9. The number of phenols is 1. The van der Waals surface area contributed by atoms with Crippen LogP contribution in [0.3, 0.4) is 0 Å². The van der Waals surface area contributed by atoms with E-state index in [-0.39, 0.29) is 11.3 Å². The number of carbonyl (C=O) groups is 1. The first kappa shape index (κ1) is 13.2. The molecular weight excluding hydrogens is 274 g/mol. The Bertz CT molecular complexity index is 821. The van der Waals surface area contributed by atoms with E-state index in [9.17, 15) is 19.5 Å². The van der Waals surface area contributed by atoms with Crippen molar-refractivity contribution in [1.29, 1.82) is 0 Å². The Morgan fingerprint density at radius 1 is 1.29 bits per heavy atom. The van der Waals surface area contributed by atoms with Gasteiger partial charge in [0.25, 0.3) is 11.5 Å². The number of aryl methyl sites for hydroxylation is 1. The molecule has 2 aromatic rings. The number of carbonyl (C=O) groups excluding carboxylic acids is 1. The van der Waals surface area contributed by atoms with Crippen molar-refractivity contribution in [3.05, 3.63) is 56.4 Å². The Hall–Kier alpha value is -2.83. The molecule has 7 heteroatoms. The predicted molar refractivity (Wildman–Crippen MR) is 75.8 cm³/mol. The molecule has 3 N–H and O–H groups in total. The lowest BCUT2D eigenvalue weighted by Gasteiger charge is -2.29. The highest BCUT2D eigenvalue weighted by Crippen LogP contribution is 2.35. The van der Waals surface area contributed by atoms with Crippen LogP contribution in [0.2, 0.25) is 0 Å². The first-order valence-corrected chi connectivity index (χ1v) is 6.52. The van der Waals surface area contributed by atoms with E-state index < -0.39 is 17.2 Å². The number of H-pyrrole nitrogens is 2. The van der Waals surface area contributed by atoms with Gasteiger partial charge in [0.05, 0.1) is 5.69 Å². The zero-order valence-electron chi connectivity index (χ0n) is 11.0. The van der Waals surface area contributed by atoms with E-state index in [1.54, 1.807) is 6.07 Å². The van der Waals surface area contributed by atoms with Crippen LogP contribution in [0.5, 0.6) is 5.75 Å². The van der Waals surface area contributed by atoms with E-state index in [1.165, 1.54) is 11.0 Å². The smallest absolute Gasteiger partial charge is 0.325 e. The molecule has 7 nitrogen and oxygen atoms in total. The first-order valence-electron chi connectivity index (χ1n) is 6.52. The van der Waals surface area contributed by atoms with Gasteiger partial charge in [-0.25, -0.2) is 4.79 Å². The second-order valence-corrected chi connectivity index (χ2v) is 4.83. The summed E-state index contributed by atoms with van der Waals surface area (Å²) in [6.07, 6.45) is 2.59. The molecule has 0 saturated carbocycles. The van der Waals surface area contributed by atoms with Gasteiger partial charge in [0.15, 0.2) is 0 Å². The first-order chi connectivity index (χ1) is 10.1. The molecule has 21 heavy (non-hydrogen) atoms. The number of para-hydroxylation sites is 1.